The molecule has 0 aliphatic heterocycles. The van der Waals surface area contributed by atoms with Crippen LogP contribution in [-0.2, 0) is 0 Å². The third kappa shape index (κ3) is 4.84. The van der Waals surface area contributed by atoms with Gasteiger partial charge in [-0.25, -0.2) is 4.99 Å². The van der Waals surface area contributed by atoms with Crippen LogP contribution < -0.4 is 5.73 Å². The van der Waals surface area contributed by atoms with Gasteiger partial charge in [0.15, 0.2) is 0 Å². The number of amidine groups is 1. The van der Waals surface area contributed by atoms with Crippen LogP contribution in [0.1, 0.15) is 55.4 Å². The van der Waals surface area contributed by atoms with Crippen LogP contribution in [0.15, 0.2) is 51.7 Å². The summed E-state index contributed by atoms with van der Waals surface area (Å²) in [7, 11) is 0. The van der Waals surface area contributed by atoms with Crippen molar-refractivity contribution in [3.05, 3.63) is 46.7 Å². The lowest BCUT2D eigenvalue weighted by Crippen LogP contribution is -2.14. The second kappa shape index (κ2) is 7.28. The summed E-state index contributed by atoms with van der Waals surface area (Å²) in [6, 6.07) is 0. The lowest BCUT2D eigenvalue weighted by atomic mass is 9.82. The van der Waals surface area contributed by atoms with Crippen molar-refractivity contribution in [1.29, 1.82) is 0 Å². The molecule has 0 aliphatic carbocycles. The SMILES string of the molecule is C=C/C(=C(\N=C(/C)N)C(=C/C)/C(C)=C(C)C)C(C)(C)C. The zero-order valence-electron chi connectivity index (χ0n) is 14.4. The molecule has 2 heteroatoms. The monoisotopic (exact) mass is 274 g/mol. The maximum absolute atomic E-state index is 5.84. The van der Waals surface area contributed by atoms with E-state index in [9.17, 15) is 0 Å². The van der Waals surface area contributed by atoms with Gasteiger partial charge in [0.1, 0.15) is 0 Å². The fraction of sp³-hybridized carbons (Fsp3) is 0.500. The molecular formula is C18H30N2. The Morgan fingerprint density at radius 1 is 1.10 bits per heavy atom. The van der Waals surface area contributed by atoms with Gasteiger partial charge in [-0.15, -0.1) is 0 Å². The summed E-state index contributed by atoms with van der Waals surface area (Å²) in [5, 5.41) is 0. The van der Waals surface area contributed by atoms with Gasteiger partial charge in [0.2, 0.25) is 0 Å². The molecular weight excluding hydrogens is 244 g/mol. The first-order chi connectivity index (χ1) is 9.06. The molecule has 0 aromatic heterocycles. The number of hydrogen-bond donors (Lipinski definition) is 1. The smallest absolute Gasteiger partial charge is 0.0965 e. The van der Waals surface area contributed by atoms with Gasteiger partial charge in [-0.2, -0.15) is 0 Å². The highest BCUT2D eigenvalue weighted by Crippen LogP contribution is 2.35. The number of aliphatic imine (C=N–C) groups is 1. The Hall–Kier alpha value is -1.57. The molecule has 0 bridgehead atoms. The predicted octanol–water partition coefficient (Wildman–Crippen LogP) is 5.15. The second-order valence-corrected chi connectivity index (χ2v) is 6.30. The third-order valence-electron chi connectivity index (χ3n) is 3.25. The number of nitrogens with two attached hydrogens (primary N) is 1. The Morgan fingerprint density at radius 3 is 1.85 bits per heavy atom. The molecule has 112 valence electrons. The predicted molar refractivity (Wildman–Crippen MR) is 91.8 cm³/mol. The van der Waals surface area contributed by atoms with Gasteiger partial charge < -0.3 is 5.73 Å². The molecule has 0 aromatic carbocycles. The fourth-order valence-electron chi connectivity index (χ4n) is 2.00. The maximum Gasteiger partial charge on any atom is 0.0965 e. The van der Waals surface area contributed by atoms with E-state index in [1.54, 1.807) is 0 Å². The van der Waals surface area contributed by atoms with Gasteiger partial charge in [-0.1, -0.05) is 45.1 Å². The molecule has 0 aliphatic rings. The van der Waals surface area contributed by atoms with Crippen molar-refractivity contribution in [1.82, 2.24) is 0 Å². The maximum atomic E-state index is 5.84. The summed E-state index contributed by atoms with van der Waals surface area (Å²) in [5.74, 6) is 0.560. The molecule has 0 fully saturated rings. The van der Waals surface area contributed by atoms with Crippen molar-refractivity contribution in [3.8, 4) is 0 Å². The minimum atomic E-state index is -0.0355. The number of rotatable bonds is 4. The summed E-state index contributed by atoms with van der Waals surface area (Å²) >= 11 is 0. The van der Waals surface area contributed by atoms with Crippen LogP contribution in [0.4, 0.5) is 0 Å². The Bertz CT molecular complexity index is 484. The third-order valence-corrected chi connectivity index (χ3v) is 3.25. The van der Waals surface area contributed by atoms with Crippen molar-refractivity contribution in [2.45, 2.75) is 55.4 Å². The van der Waals surface area contributed by atoms with E-state index in [1.807, 2.05) is 19.9 Å². The van der Waals surface area contributed by atoms with Gasteiger partial charge in [0.25, 0.3) is 0 Å². The summed E-state index contributed by atoms with van der Waals surface area (Å²) in [5.41, 5.74) is 11.5. The molecule has 2 N–H and O–H groups in total. The van der Waals surface area contributed by atoms with E-state index < -0.39 is 0 Å². The Balaban J connectivity index is 6.49. The van der Waals surface area contributed by atoms with Crippen molar-refractivity contribution in [2.24, 2.45) is 16.1 Å². The summed E-state index contributed by atoms with van der Waals surface area (Å²) in [6.45, 7) is 20.6. The highest BCUT2D eigenvalue weighted by molar-refractivity contribution is 5.79. The molecule has 0 heterocycles. The first-order valence-electron chi connectivity index (χ1n) is 7.05. The van der Waals surface area contributed by atoms with Gasteiger partial charge in [0.05, 0.1) is 11.5 Å². The molecule has 0 amide bonds. The number of allylic oxidation sites excluding steroid dienone is 5. The van der Waals surface area contributed by atoms with E-state index in [2.05, 4.69) is 59.2 Å². The van der Waals surface area contributed by atoms with E-state index >= 15 is 0 Å². The second-order valence-electron chi connectivity index (χ2n) is 6.30. The van der Waals surface area contributed by atoms with E-state index in [0.717, 1.165) is 16.8 Å². The minimum Gasteiger partial charge on any atom is -0.387 e. The molecule has 0 rings (SSSR count). The zero-order chi connectivity index (χ0) is 16.1. The lowest BCUT2D eigenvalue weighted by molar-refractivity contribution is 0.512. The molecule has 0 radical (unpaired) electrons. The van der Waals surface area contributed by atoms with Crippen LogP contribution in [0.3, 0.4) is 0 Å². The highest BCUT2D eigenvalue weighted by Gasteiger charge is 2.21. The standard InChI is InChI=1S/C18H30N2/c1-10-15(13(5)12(3)4)17(20-14(6)19)16(11-2)18(7,8)9/h10-11H,2H2,1,3-9H3,(H2,19,20)/b15-10+,17-16+. The van der Waals surface area contributed by atoms with Crippen LogP contribution in [0, 0.1) is 5.41 Å². The first-order valence-corrected chi connectivity index (χ1v) is 7.05. The van der Waals surface area contributed by atoms with Crippen molar-refractivity contribution in [2.75, 3.05) is 0 Å². The lowest BCUT2D eigenvalue weighted by Gasteiger charge is -2.24. The molecule has 0 saturated heterocycles. The zero-order valence-corrected chi connectivity index (χ0v) is 14.4. The van der Waals surface area contributed by atoms with Gasteiger partial charge in [-0.05, 0) is 56.8 Å². The van der Waals surface area contributed by atoms with Gasteiger partial charge in [-0.3, -0.25) is 0 Å². The number of hydrogen-bond acceptors (Lipinski definition) is 1. The quantitative estimate of drug-likeness (QED) is 0.429. The summed E-state index contributed by atoms with van der Waals surface area (Å²) in [4.78, 5) is 4.59. The van der Waals surface area contributed by atoms with Crippen molar-refractivity contribution in [3.63, 3.8) is 0 Å². The average molecular weight is 274 g/mol. The van der Waals surface area contributed by atoms with Gasteiger partial charge in [0, 0.05) is 0 Å². The highest BCUT2D eigenvalue weighted by atomic mass is 14.9. The molecule has 20 heavy (non-hydrogen) atoms. The van der Waals surface area contributed by atoms with E-state index in [1.165, 1.54) is 11.1 Å². The molecule has 0 aromatic rings. The topological polar surface area (TPSA) is 38.4 Å². The molecule has 0 spiro atoms. The Morgan fingerprint density at radius 2 is 1.60 bits per heavy atom. The molecule has 0 unspecified atom stereocenters. The van der Waals surface area contributed by atoms with E-state index in [4.69, 9.17) is 5.73 Å². The van der Waals surface area contributed by atoms with Crippen molar-refractivity contribution < 1.29 is 0 Å². The largest absolute Gasteiger partial charge is 0.387 e. The molecule has 2 nitrogen and oxygen atoms in total. The average Bonchev–Trinajstić information content (AvgIpc) is 2.27. The van der Waals surface area contributed by atoms with E-state index in [-0.39, 0.29) is 5.41 Å². The minimum absolute atomic E-state index is 0.0355. The Labute approximate surface area is 124 Å². The normalized spacial score (nSPS) is 14.8. The Kier molecular flexibility index (Phi) is 6.70. The van der Waals surface area contributed by atoms with Crippen LogP contribution in [0.5, 0.6) is 0 Å². The summed E-state index contributed by atoms with van der Waals surface area (Å²) < 4.78 is 0. The molecule has 0 atom stereocenters. The summed E-state index contributed by atoms with van der Waals surface area (Å²) in [6.07, 6.45) is 3.99. The van der Waals surface area contributed by atoms with Crippen LogP contribution in [0.2, 0.25) is 0 Å². The van der Waals surface area contributed by atoms with Crippen molar-refractivity contribution >= 4 is 5.84 Å². The molecule has 0 saturated carbocycles. The van der Waals surface area contributed by atoms with E-state index in [0.29, 0.717) is 5.84 Å². The first kappa shape index (κ1) is 18.4. The van der Waals surface area contributed by atoms with Crippen LogP contribution in [0.25, 0.3) is 0 Å². The van der Waals surface area contributed by atoms with Crippen LogP contribution >= 0.6 is 0 Å². The van der Waals surface area contributed by atoms with Crippen LogP contribution in [-0.4, -0.2) is 5.84 Å². The fourth-order valence-corrected chi connectivity index (χ4v) is 2.00. The van der Waals surface area contributed by atoms with Gasteiger partial charge >= 0.3 is 0 Å². The number of nitrogens with zero attached hydrogens (tertiary/aromatic N) is 1.